The number of rotatable bonds is 3. The lowest BCUT2D eigenvalue weighted by Gasteiger charge is -1.92. The summed E-state index contributed by atoms with van der Waals surface area (Å²) in [6, 6.07) is 10.4. The fourth-order valence-electron chi connectivity index (χ4n) is 1.83. The number of furan rings is 2. The first-order chi connectivity index (χ1) is 8.79. The molecule has 18 heavy (non-hydrogen) atoms. The van der Waals surface area contributed by atoms with Crippen molar-refractivity contribution in [2.75, 3.05) is 0 Å². The monoisotopic (exact) mass is 240 g/mol. The third-order valence-corrected chi connectivity index (χ3v) is 2.70. The summed E-state index contributed by atoms with van der Waals surface area (Å²) in [5.41, 5.74) is 0.848. The summed E-state index contributed by atoms with van der Waals surface area (Å²) in [5.74, 6) is -0.150. The normalized spacial score (nSPS) is 10.7. The maximum Gasteiger partial charge on any atom is 0.232 e. The summed E-state index contributed by atoms with van der Waals surface area (Å²) in [6.45, 7) is 0. The molecule has 0 aliphatic rings. The predicted octanol–water partition coefficient (Wildman–Crippen LogP) is 3.07. The Labute approximate surface area is 102 Å². The summed E-state index contributed by atoms with van der Waals surface area (Å²) in [7, 11) is 0. The van der Waals surface area contributed by atoms with Gasteiger partial charge in [0.1, 0.15) is 5.58 Å². The molecule has 4 nitrogen and oxygen atoms in total. The van der Waals surface area contributed by atoms with Gasteiger partial charge in [-0.15, -0.1) is 0 Å². The van der Waals surface area contributed by atoms with E-state index >= 15 is 0 Å². The van der Waals surface area contributed by atoms with E-state index in [2.05, 4.69) is 0 Å². The third kappa shape index (κ3) is 1.55. The second kappa shape index (κ2) is 4.00. The number of para-hydroxylation sites is 1. The number of hydrogen-bond donors (Lipinski definition) is 0. The number of ketones is 1. The zero-order chi connectivity index (χ0) is 12.5. The molecule has 0 radical (unpaired) electrons. The fraction of sp³-hybridized carbons (Fsp3) is 0. The topological polar surface area (TPSA) is 60.4 Å². The molecule has 1 aromatic carbocycles. The highest BCUT2D eigenvalue weighted by molar-refractivity contribution is 6.11. The molecule has 88 valence electrons. The van der Waals surface area contributed by atoms with Crippen molar-refractivity contribution >= 4 is 23.0 Å². The van der Waals surface area contributed by atoms with E-state index in [-0.39, 0.29) is 22.9 Å². The van der Waals surface area contributed by atoms with Crippen LogP contribution in [0.1, 0.15) is 26.7 Å². The molecule has 0 saturated heterocycles. The minimum Gasteiger partial charge on any atom is -0.461 e. The number of carbonyl (C=O) groups excluding carboxylic acids is 2. The van der Waals surface area contributed by atoms with Crippen molar-refractivity contribution < 1.29 is 18.4 Å². The van der Waals surface area contributed by atoms with Gasteiger partial charge in [0, 0.05) is 5.39 Å². The van der Waals surface area contributed by atoms with E-state index in [9.17, 15) is 9.59 Å². The van der Waals surface area contributed by atoms with Crippen molar-refractivity contribution in [1.29, 1.82) is 0 Å². The van der Waals surface area contributed by atoms with Crippen LogP contribution in [0.5, 0.6) is 0 Å². The Kier molecular flexibility index (Phi) is 2.34. The maximum absolute atomic E-state index is 12.1. The molecule has 3 rings (SSSR count). The maximum atomic E-state index is 12.1. The van der Waals surface area contributed by atoms with Crippen LogP contribution in [0.4, 0.5) is 0 Å². The van der Waals surface area contributed by atoms with Gasteiger partial charge in [0.15, 0.2) is 17.8 Å². The standard InChI is InChI=1S/C14H8O4/c15-8-13-10(5-6-17-13)14(16)12-7-9-3-1-2-4-11(9)18-12/h1-8H. The lowest BCUT2D eigenvalue weighted by atomic mass is 10.1. The van der Waals surface area contributed by atoms with Crippen molar-refractivity contribution in [1.82, 2.24) is 0 Å². The van der Waals surface area contributed by atoms with Crippen LogP contribution in [0.2, 0.25) is 0 Å². The SMILES string of the molecule is O=Cc1occc1C(=O)c1cc2ccccc2o1. The Balaban J connectivity index is 2.09. The van der Waals surface area contributed by atoms with Crippen molar-refractivity contribution in [2.24, 2.45) is 0 Å². The lowest BCUT2D eigenvalue weighted by Crippen LogP contribution is -2.00. The number of benzene rings is 1. The average molecular weight is 240 g/mol. The Bertz CT molecular complexity index is 700. The number of carbonyl (C=O) groups is 2. The smallest absolute Gasteiger partial charge is 0.232 e. The third-order valence-electron chi connectivity index (χ3n) is 2.70. The van der Waals surface area contributed by atoms with Crippen LogP contribution >= 0.6 is 0 Å². The first-order valence-corrected chi connectivity index (χ1v) is 5.35. The van der Waals surface area contributed by atoms with Crippen LogP contribution in [-0.2, 0) is 0 Å². The van der Waals surface area contributed by atoms with Crippen molar-refractivity contribution in [2.45, 2.75) is 0 Å². The van der Waals surface area contributed by atoms with Gasteiger partial charge in [-0.1, -0.05) is 18.2 Å². The first kappa shape index (κ1) is 10.5. The molecule has 0 fully saturated rings. The van der Waals surface area contributed by atoms with Gasteiger partial charge < -0.3 is 8.83 Å². The van der Waals surface area contributed by atoms with Gasteiger partial charge in [-0.25, -0.2) is 0 Å². The van der Waals surface area contributed by atoms with E-state index < -0.39 is 0 Å². The quantitative estimate of drug-likeness (QED) is 0.521. The summed E-state index contributed by atoms with van der Waals surface area (Å²) in [6.07, 6.45) is 1.81. The molecule has 0 aliphatic heterocycles. The molecule has 0 spiro atoms. The van der Waals surface area contributed by atoms with Gasteiger partial charge in [0.25, 0.3) is 0 Å². The van der Waals surface area contributed by atoms with Gasteiger partial charge in [-0.05, 0) is 18.2 Å². The second-order valence-corrected chi connectivity index (χ2v) is 3.79. The Morgan fingerprint density at radius 1 is 1.17 bits per heavy atom. The molecular weight excluding hydrogens is 232 g/mol. The van der Waals surface area contributed by atoms with E-state index in [0.29, 0.717) is 11.9 Å². The van der Waals surface area contributed by atoms with Crippen molar-refractivity contribution in [3.8, 4) is 0 Å². The molecule has 0 aliphatic carbocycles. The highest BCUT2D eigenvalue weighted by Crippen LogP contribution is 2.22. The van der Waals surface area contributed by atoms with Gasteiger partial charge in [-0.3, -0.25) is 9.59 Å². The minimum atomic E-state index is -0.359. The van der Waals surface area contributed by atoms with Gasteiger partial charge in [-0.2, -0.15) is 0 Å². The van der Waals surface area contributed by atoms with Gasteiger partial charge in [0.05, 0.1) is 11.8 Å². The van der Waals surface area contributed by atoms with Crippen LogP contribution in [0.25, 0.3) is 11.0 Å². The molecule has 2 heterocycles. The highest BCUT2D eigenvalue weighted by atomic mass is 16.3. The van der Waals surface area contributed by atoms with Crippen LogP contribution in [0.3, 0.4) is 0 Å². The van der Waals surface area contributed by atoms with E-state index in [0.717, 1.165) is 5.39 Å². The van der Waals surface area contributed by atoms with E-state index in [1.807, 2.05) is 18.2 Å². The largest absolute Gasteiger partial charge is 0.461 e. The molecule has 0 bridgehead atoms. The van der Waals surface area contributed by atoms with E-state index in [1.54, 1.807) is 12.1 Å². The van der Waals surface area contributed by atoms with Gasteiger partial charge in [0.2, 0.25) is 5.78 Å². The van der Waals surface area contributed by atoms with Crippen molar-refractivity contribution in [3.05, 3.63) is 59.7 Å². The first-order valence-electron chi connectivity index (χ1n) is 5.35. The molecule has 0 amide bonds. The summed E-state index contributed by atoms with van der Waals surface area (Å²) >= 11 is 0. The Morgan fingerprint density at radius 2 is 2.00 bits per heavy atom. The molecular formula is C14H8O4. The molecule has 0 N–H and O–H groups in total. The minimum absolute atomic E-state index is 0.0143. The highest BCUT2D eigenvalue weighted by Gasteiger charge is 2.19. The summed E-state index contributed by atoms with van der Waals surface area (Å²) in [5, 5.41) is 0.844. The molecule has 2 aromatic heterocycles. The van der Waals surface area contributed by atoms with E-state index in [4.69, 9.17) is 8.83 Å². The number of aldehydes is 1. The van der Waals surface area contributed by atoms with Crippen LogP contribution in [-0.4, -0.2) is 12.1 Å². The lowest BCUT2D eigenvalue weighted by molar-refractivity contribution is 0.0999. The molecule has 4 heteroatoms. The second-order valence-electron chi connectivity index (χ2n) is 3.79. The summed E-state index contributed by atoms with van der Waals surface area (Å²) < 4.78 is 10.3. The van der Waals surface area contributed by atoms with Gasteiger partial charge >= 0.3 is 0 Å². The zero-order valence-corrected chi connectivity index (χ0v) is 9.25. The van der Waals surface area contributed by atoms with Crippen LogP contribution in [0.15, 0.2) is 51.5 Å². The molecule has 0 unspecified atom stereocenters. The Morgan fingerprint density at radius 3 is 2.78 bits per heavy atom. The zero-order valence-electron chi connectivity index (χ0n) is 9.25. The fourth-order valence-corrected chi connectivity index (χ4v) is 1.83. The molecule has 3 aromatic rings. The van der Waals surface area contributed by atoms with Crippen LogP contribution < -0.4 is 0 Å². The average Bonchev–Trinajstić information content (AvgIpc) is 3.03. The Hall–Kier alpha value is -2.62. The number of fused-ring (bicyclic) bond motifs is 1. The molecule has 0 atom stereocenters. The van der Waals surface area contributed by atoms with Crippen LogP contribution in [0, 0.1) is 0 Å². The van der Waals surface area contributed by atoms with Crippen molar-refractivity contribution in [3.63, 3.8) is 0 Å². The number of hydrogen-bond acceptors (Lipinski definition) is 4. The predicted molar refractivity (Wildman–Crippen MR) is 63.7 cm³/mol. The van der Waals surface area contributed by atoms with E-state index in [1.165, 1.54) is 12.3 Å². The molecule has 0 saturated carbocycles. The summed E-state index contributed by atoms with van der Waals surface area (Å²) in [4.78, 5) is 22.9.